The van der Waals surface area contributed by atoms with Crippen molar-refractivity contribution in [2.45, 2.75) is 45.8 Å². The molecule has 1 aromatic carbocycles. The van der Waals surface area contributed by atoms with Gasteiger partial charge < -0.3 is 5.32 Å². The van der Waals surface area contributed by atoms with Crippen LogP contribution in [0.25, 0.3) is 0 Å². The van der Waals surface area contributed by atoms with Gasteiger partial charge in [-0.15, -0.1) is 0 Å². The number of carbonyl (C=O) groups is 1. The molecule has 1 saturated heterocycles. The lowest BCUT2D eigenvalue weighted by atomic mass is 10.0. The molecule has 0 aliphatic carbocycles. The van der Waals surface area contributed by atoms with Crippen molar-refractivity contribution >= 4 is 11.6 Å². The standard InChI is InChI=1S/C18H28N4O3/c1-13(2)19-18(23)15(4)21-11-9-20(10-12-21)14(3)16-7-5-6-8-17(16)22(24)25/h5-8,13-15H,9-12H2,1-4H3,(H,19,23). The van der Waals surface area contributed by atoms with E-state index in [4.69, 9.17) is 0 Å². The minimum absolute atomic E-state index is 0.0245. The molecule has 2 atom stereocenters. The Hall–Kier alpha value is -1.99. The summed E-state index contributed by atoms with van der Waals surface area (Å²) in [6, 6.07) is 6.87. The van der Waals surface area contributed by atoms with Gasteiger partial charge in [-0.2, -0.15) is 0 Å². The molecule has 1 aliphatic rings. The number of hydrogen-bond acceptors (Lipinski definition) is 5. The Morgan fingerprint density at radius 2 is 1.64 bits per heavy atom. The Bertz CT molecular complexity index is 612. The smallest absolute Gasteiger partial charge is 0.274 e. The van der Waals surface area contributed by atoms with Gasteiger partial charge in [-0.05, 0) is 27.7 Å². The number of carbonyl (C=O) groups excluding carboxylic acids is 1. The zero-order chi connectivity index (χ0) is 18.6. The molecule has 7 heteroatoms. The average molecular weight is 348 g/mol. The Balaban J connectivity index is 1.98. The van der Waals surface area contributed by atoms with Gasteiger partial charge in [-0.25, -0.2) is 0 Å². The lowest BCUT2D eigenvalue weighted by Gasteiger charge is -2.40. The van der Waals surface area contributed by atoms with Crippen LogP contribution in [-0.2, 0) is 4.79 Å². The van der Waals surface area contributed by atoms with E-state index in [0.717, 1.165) is 31.7 Å². The molecule has 1 aromatic rings. The minimum Gasteiger partial charge on any atom is -0.353 e. The SMILES string of the molecule is CC(C)NC(=O)C(C)N1CCN(C(C)c2ccccc2[N+](=O)[O-])CC1. The van der Waals surface area contributed by atoms with E-state index in [-0.39, 0.29) is 34.6 Å². The van der Waals surface area contributed by atoms with Crippen molar-refractivity contribution in [3.63, 3.8) is 0 Å². The Kier molecular flexibility index (Phi) is 6.50. The van der Waals surface area contributed by atoms with Gasteiger partial charge in [-0.1, -0.05) is 18.2 Å². The van der Waals surface area contributed by atoms with Crippen LogP contribution in [-0.4, -0.2) is 58.9 Å². The first kappa shape index (κ1) is 19.3. The molecule has 7 nitrogen and oxygen atoms in total. The molecule has 0 spiro atoms. The van der Waals surface area contributed by atoms with E-state index in [1.54, 1.807) is 12.1 Å². The van der Waals surface area contributed by atoms with Crippen LogP contribution < -0.4 is 5.32 Å². The first-order valence-corrected chi connectivity index (χ1v) is 8.83. The number of nitro benzene ring substituents is 1. The fraction of sp³-hybridized carbons (Fsp3) is 0.611. The van der Waals surface area contributed by atoms with Crippen molar-refractivity contribution < 1.29 is 9.72 Å². The van der Waals surface area contributed by atoms with Crippen molar-refractivity contribution in [1.82, 2.24) is 15.1 Å². The first-order valence-electron chi connectivity index (χ1n) is 8.83. The number of amides is 1. The Morgan fingerprint density at radius 3 is 2.20 bits per heavy atom. The van der Waals surface area contributed by atoms with Gasteiger partial charge in [0.25, 0.3) is 5.69 Å². The summed E-state index contributed by atoms with van der Waals surface area (Å²) in [5, 5.41) is 14.2. The quantitative estimate of drug-likeness (QED) is 0.630. The molecule has 2 unspecified atom stereocenters. The lowest BCUT2D eigenvalue weighted by Crippen LogP contribution is -2.54. The topological polar surface area (TPSA) is 78.7 Å². The predicted octanol–water partition coefficient (Wildman–Crippen LogP) is 2.19. The van der Waals surface area contributed by atoms with Crippen molar-refractivity contribution in [2.75, 3.05) is 26.2 Å². The van der Waals surface area contributed by atoms with Gasteiger partial charge in [0, 0.05) is 49.9 Å². The van der Waals surface area contributed by atoms with E-state index in [1.165, 1.54) is 0 Å². The Labute approximate surface area is 149 Å². The summed E-state index contributed by atoms with van der Waals surface area (Å²) < 4.78 is 0. The molecule has 0 radical (unpaired) electrons. The fourth-order valence-corrected chi connectivity index (χ4v) is 3.29. The second kappa shape index (κ2) is 8.40. The van der Waals surface area contributed by atoms with E-state index < -0.39 is 0 Å². The predicted molar refractivity (Wildman–Crippen MR) is 97.4 cm³/mol. The highest BCUT2D eigenvalue weighted by atomic mass is 16.6. The number of rotatable bonds is 6. The third-order valence-corrected chi connectivity index (χ3v) is 4.84. The van der Waals surface area contributed by atoms with Crippen LogP contribution in [0, 0.1) is 10.1 Å². The maximum atomic E-state index is 12.2. The van der Waals surface area contributed by atoms with E-state index >= 15 is 0 Å². The van der Waals surface area contributed by atoms with Gasteiger partial charge in [0.05, 0.1) is 11.0 Å². The first-order chi connectivity index (χ1) is 11.8. The van der Waals surface area contributed by atoms with Crippen LogP contribution in [0.15, 0.2) is 24.3 Å². The molecule has 2 rings (SSSR count). The normalized spacial score (nSPS) is 18.8. The number of nitro groups is 1. The van der Waals surface area contributed by atoms with Crippen LogP contribution in [0.3, 0.4) is 0 Å². The van der Waals surface area contributed by atoms with E-state index in [2.05, 4.69) is 15.1 Å². The summed E-state index contributed by atoms with van der Waals surface area (Å²) in [6.45, 7) is 11.0. The highest BCUT2D eigenvalue weighted by Crippen LogP contribution is 2.29. The van der Waals surface area contributed by atoms with Crippen molar-refractivity contribution in [1.29, 1.82) is 0 Å². The number of nitrogens with zero attached hydrogens (tertiary/aromatic N) is 3. The molecule has 1 aliphatic heterocycles. The van der Waals surface area contributed by atoms with Gasteiger partial charge in [-0.3, -0.25) is 24.7 Å². The third-order valence-electron chi connectivity index (χ3n) is 4.84. The zero-order valence-electron chi connectivity index (χ0n) is 15.4. The summed E-state index contributed by atoms with van der Waals surface area (Å²) in [6.07, 6.45) is 0. The molecule has 138 valence electrons. The number of para-hydroxylation sites is 1. The largest absolute Gasteiger partial charge is 0.353 e. The molecule has 1 N–H and O–H groups in total. The third kappa shape index (κ3) is 4.76. The zero-order valence-corrected chi connectivity index (χ0v) is 15.4. The number of piperazine rings is 1. The number of nitrogens with one attached hydrogen (secondary N) is 1. The van der Waals surface area contributed by atoms with Gasteiger partial charge >= 0.3 is 0 Å². The van der Waals surface area contributed by atoms with Crippen molar-refractivity contribution in [3.8, 4) is 0 Å². The van der Waals surface area contributed by atoms with Crippen LogP contribution in [0.2, 0.25) is 0 Å². The van der Waals surface area contributed by atoms with Gasteiger partial charge in [0.15, 0.2) is 0 Å². The monoisotopic (exact) mass is 348 g/mol. The second-order valence-electron chi connectivity index (χ2n) is 6.90. The fourth-order valence-electron chi connectivity index (χ4n) is 3.29. The highest BCUT2D eigenvalue weighted by molar-refractivity contribution is 5.81. The molecular formula is C18H28N4O3. The summed E-state index contributed by atoms with van der Waals surface area (Å²) >= 11 is 0. The van der Waals surface area contributed by atoms with Gasteiger partial charge in [0.1, 0.15) is 0 Å². The van der Waals surface area contributed by atoms with Crippen molar-refractivity contribution in [2.24, 2.45) is 0 Å². The molecule has 1 amide bonds. The molecule has 0 saturated carbocycles. The molecule has 0 aromatic heterocycles. The summed E-state index contributed by atoms with van der Waals surface area (Å²) in [5.74, 6) is 0.0511. The molecular weight excluding hydrogens is 320 g/mol. The average Bonchev–Trinajstić information content (AvgIpc) is 2.60. The minimum atomic E-state index is -0.319. The van der Waals surface area contributed by atoms with Crippen LogP contribution in [0.4, 0.5) is 5.69 Å². The lowest BCUT2D eigenvalue weighted by molar-refractivity contribution is -0.386. The summed E-state index contributed by atoms with van der Waals surface area (Å²) in [7, 11) is 0. The van der Waals surface area contributed by atoms with Crippen LogP contribution >= 0.6 is 0 Å². The Morgan fingerprint density at radius 1 is 1.08 bits per heavy atom. The molecule has 0 bridgehead atoms. The molecule has 1 heterocycles. The number of benzene rings is 1. The van der Waals surface area contributed by atoms with E-state index in [0.29, 0.717) is 0 Å². The summed E-state index contributed by atoms with van der Waals surface area (Å²) in [4.78, 5) is 27.5. The van der Waals surface area contributed by atoms with E-state index in [9.17, 15) is 14.9 Å². The summed E-state index contributed by atoms with van der Waals surface area (Å²) in [5.41, 5.74) is 0.911. The number of hydrogen-bond donors (Lipinski definition) is 1. The van der Waals surface area contributed by atoms with Crippen molar-refractivity contribution in [3.05, 3.63) is 39.9 Å². The molecule has 1 fully saturated rings. The maximum Gasteiger partial charge on any atom is 0.274 e. The molecule has 25 heavy (non-hydrogen) atoms. The maximum absolute atomic E-state index is 12.2. The van der Waals surface area contributed by atoms with Crippen LogP contribution in [0.1, 0.15) is 39.3 Å². The van der Waals surface area contributed by atoms with E-state index in [1.807, 2.05) is 39.8 Å². The highest BCUT2D eigenvalue weighted by Gasteiger charge is 2.30. The van der Waals surface area contributed by atoms with Gasteiger partial charge in [0.2, 0.25) is 5.91 Å². The van der Waals surface area contributed by atoms with Crippen LogP contribution in [0.5, 0.6) is 0 Å². The second-order valence-corrected chi connectivity index (χ2v) is 6.90.